The summed E-state index contributed by atoms with van der Waals surface area (Å²) in [6, 6.07) is 8.72. The number of carbonyl (C=O) groups is 1. The Morgan fingerprint density at radius 1 is 1.40 bits per heavy atom. The lowest BCUT2D eigenvalue weighted by Gasteiger charge is -2.11. The van der Waals surface area contributed by atoms with Crippen LogP contribution in [0.3, 0.4) is 0 Å². The van der Waals surface area contributed by atoms with Gasteiger partial charge in [-0.15, -0.1) is 0 Å². The first kappa shape index (κ1) is 14.8. The van der Waals surface area contributed by atoms with Gasteiger partial charge in [-0.25, -0.2) is 4.98 Å². The van der Waals surface area contributed by atoms with Crippen molar-refractivity contribution in [3.63, 3.8) is 0 Å². The Bertz CT molecular complexity index is 634. The fourth-order valence-electron chi connectivity index (χ4n) is 1.68. The lowest BCUT2D eigenvalue weighted by atomic mass is 10.2. The number of halogens is 2. The monoisotopic (exact) mass is 353 g/mol. The summed E-state index contributed by atoms with van der Waals surface area (Å²) in [7, 11) is 0. The second-order valence-corrected chi connectivity index (χ2v) is 5.33. The van der Waals surface area contributed by atoms with Crippen molar-refractivity contribution in [2.45, 2.75) is 6.92 Å². The lowest BCUT2D eigenvalue weighted by molar-refractivity contribution is 0.102. The maximum absolute atomic E-state index is 12.3. The number of nitrogens with zero attached hydrogens (tertiary/aromatic N) is 1. The molecule has 0 saturated heterocycles. The molecule has 2 rings (SSSR count). The Morgan fingerprint density at radius 3 is 2.95 bits per heavy atom. The minimum atomic E-state index is -0.256. The zero-order valence-electron chi connectivity index (χ0n) is 10.8. The van der Waals surface area contributed by atoms with Crippen LogP contribution < -0.4 is 10.6 Å². The summed E-state index contributed by atoms with van der Waals surface area (Å²) in [5.74, 6) is 0.299. The third-order valence-electron chi connectivity index (χ3n) is 2.57. The highest BCUT2D eigenvalue weighted by Gasteiger charge is 2.13. The molecule has 1 aromatic carbocycles. The summed E-state index contributed by atoms with van der Waals surface area (Å²) < 4.78 is 0.843. The average molecular weight is 355 g/mol. The van der Waals surface area contributed by atoms with Crippen LogP contribution in [-0.4, -0.2) is 17.4 Å². The molecule has 2 N–H and O–H groups in total. The summed E-state index contributed by atoms with van der Waals surface area (Å²) in [5, 5.41) is 6.32. The molecule has 0 bridgehead atoms. The van der Waals surface area contributed by atoms with Crippen molar-refractivity contribution in [2.24, 2.45) is 0 Å². The van der Waals surface area contributed by atoms with Crippen LogP contribution in [0.15, 0.2) is 41.0 Å². The number of anilines is 2. The summed E-state index contributed by atoms with van der Waals surface area (Å²) in [6.45, 7) is 2.64. The van der Waals surface area contributed by atoms with Crippen molar-refractivity contribution >= 4 is 44.9 Å². The van der Waals surface area contributed by atoms with Gasteiger partial charge in [0.15, 0.2) is 0 Å². The van der Waals surface area contributed by atoms with Gasteiger partial charge in [0, 0.05) is 17.2 Å². The van der Waals surface area contributed by atoms with Gasteiger partial charge in [-0.3, -0.25) is 4.79 Å². The SMILES string of the molecule is CCNc1ncccc1C(=O)Nc1cc(Br)ccc1Cl. The molecule has 0 aliphatic carbocycles. The Morgan fingerprint density at radius 2 is 2.20 bits per heavy atom. The average Bonchev–Trinajstić information content (AvgIpc) is 2.44. The Labute approximate surface area is 130 Å². The van der Waals surface area contributed by atoms with Gasteiger partial charge in [-0.2, -0.15) is 0 Å². The van der Waals surface area contributed by atoms with Gasteiger partial charge in [0.25, 0.3) is 5.91 Å². The molecular weight excluding hydrogens is 342 g/mol. The van der Waals surface area contributed by atoms with Crippen molar-refractivity contribution in [3.8, 4) is 0 Å². The van der Waals surface area contributed by atoms with Crippen LogP contribution in [0.1, 0.15) is 17.3 Å². The van der Waals surface area contributed by atoms with Gasteiger partial charge in [0.1, 0.15) is 5.82 Å². The highest BCUT2D eigenvalue weighted by molar-refractivity contribution is 9.10. The van der Waals surface area contributed by atoms with Crippen molar-refractivity contribution < 1.29 is 4.79 Å². The zero-order valence-corrected chi connectivity index (χ0v) is 13.1. The number of carbonyl (C=O) groups excluding carboxylic acids is 1. The maximum atomic E-state index is 12.3. The summed E-state index contributed by atoms with van der Waals surface area (Å²) >= 11 is 9.41. The minimum absolute atomic E-state index is 0.256. The molecule has 0 fully saturated rings. The largest absolute Gasteiger partial charge is 0.370 e. The first-order chi connectivity index (χ1) is 9.61. The van der Waals surface area contributed by atoms with E-state index in [0.29, 0.717) is 28.6 Å². The first-order valence-corrected chi connectivity index (χ1v) is 7.24. The molecule has 0 aliphatic heterocycles. The number of aromatic nitrogens is 1. The zero-order chi connectivity index (χ0) is 14.5. The van der Waals surface area contributed by atoms with Gasteiger partial charge in [-0.05, 0) is 37.3 Å². The molecule has 20 heavy (non-hydrogen) atoms. The van der Waals surface area contributed by atoms with Gasteiger partial charge < -0.3 is 10.6 Å². The molecule has 0 unspecified atom stereocenters. The standard InChI is InChI=1S/C14H13BrClN3O/c1-2-17-13-10(4-3-7-18-13)14(20)19-12-8-9(15)5-6-11(12)16/h3-8H,2H2,1H3,(H,17,18)(H,19,20). The van der Waals surface area contributed by atoms with E-state index in [-0.39, 0.29) is 5.91 Å². The third-order valence-corrected chi connectivity index (χ3v) is 3.40. The molecule has 4 nitrogen and oxygen atoms in total. The predicted octanol–water partition coefficient (Wildman–Crippen LogP) is 4.18. The van der Waals surface area contributed by atoms with Gasteiger partial charge in [0.05, 0.1) is 16.3 Å². The van der Waals surface area contributed by atoms with Crippen LogP contribution in [0.5, 0.6) is 0 Å². The smallest absolute Gasteiger partial charge is 0.259 e. The summed E-state index contributed by atoms with van der Waals surface area (Å²) in [6.07, 6.45) is 1.64. The molecule has 6 heteroatoms. The van der Waals surface area contributed by atoms with E-state index in [1.54, 1.807) is 30.5 Å². The van der Waals surface area contributed by atoms with Crippen molar-refractivity contribution in [3.05, 3.63) is 51.6 Å². The maximum Gasteiger partial charge on any atom is 0.259 e. The second kappa shape index (κ2) is 6.72. The molecule has 0 spiro atoms. The van der Waals surface area contributed by atoms with E-state index in [1.165, 1.54) is 0 Å². The molecule has 104 valence electrons. The number of rotatable bonds is 4. The molecule has 2 aromatic rings. The van der Waals surface area contributed by atoms with Crippen LogP contribution in [0.25, 0.3) is 0 Å². The van der Waals surface area contributed by atoms with Crippen molar-refractivity contribution in [1.29, 1.82) is 0 Å². The topological polar surface area (TPSA) is 54.0 Å². The first-order valence-electron chi connectivity index (χ1n) is 6.07. The Balaban J connectivity index is 2.26. The van der Waals surface area contributed by atoms with Gasteiger partial charge in [0.2, 0.25) is 0 Å². The second-order valence-electron chi connectivity index (χ2n) is 4.01. The Hall–Kier alpha value is -1.59. The van der Waals surface area contributed by atoms with E-state index in [2.05, 4.69) is 31.5 Å². The van der Waals surface area contributed by atoms with Crippen LogP contribution >= 0.6 is 27.5 Å². The van der Waals surface area contributed by atoms with Crippen LogP contribution in [0.4, 0.5) is 11.5 Å². The molecule has 0 aliphatic rings. The summed E-state index contributed by atoms with van der Waals surface area (Å²) in [4.78, 5) is 16.5. The van der Waals surface area contributed by atoms with Gasteiger partial charge >= 0.3 is 0 Å². The molecule has 1 aromatic heterocycles. The van der Waals surface area contributed by atoms with Crippen molar-refractivity contribution in [2.75, 3.05) is 17.2 Å². The van der Waals surface area contributed by atoms with E-state index in [9.17, 15) is 4.79 Å². The molecule has 1 amide bonds. The van der Waals surface area contributed by atoms with E-state index < -0.39 is 0 Å². The van der Waals surface area contributed by atoms with E-state index in [0.717, 1.165) is 4.47 Å². The van der Waals surface area contributed by atoms with Crippen LogP contribution in [0, 0.1) is 0 Å². The molecule has 1 heterocycles. The highest BCUT2D eigenvalue weighted by atomic mass is 79.9. The van der Waals surface area contributed by atoms with Crippen LogP contribution in [0.2, 0.25) is 5.02 Å². The predicted molar refractivity (Wildman–Crippen MR) is 85.5 cm³/mol. The minimum Gasteiger partial charge on any atom is -0.370 e. The number of benzene rings is 1. The number of amides is 1. The fourth-order valence-corrected chi connectivity index (χ4v) is 2.21. The van der Waals surface area contributed by atoms with Crippen molar-refractivity contribution in [1.82, 2.24) is 4.98 Å². The summed E-state index contributed by atoms with van der Waals surface area (Å²) in [5.41, 5.74) is 1.03. The fraction of sp³-hybridized carbons (Fsp3) is 0.143. The lowest BCUT2D eigenvalue weighted by Crippen LogP contribution is -2.15. The van der Waals surface area contributed by atoms with E-state index >= 15 is 0 Å². The highest BCUT2D eigenvalue weighted by Crippen LogP contribution is 2.26. The third kappa shape index (κ3) is 3.49. The quantitative estimate of drug-likeness (QED) is 0.866. The van der Waals surface area contributed by atoms with Crippen LogP contribution in [-0.2, 0) is 0 Å². The molecular formula is C14H13BrClN3O. The molecule has 0 atom stereocenters. The molecule has 0 radical (unpaired) electrons. The number of hydrogen-bond donors (Lipinski definition) is 2. The van der Waals surface area contributed by atoms with E-state index in [1.807, 2.05) is 13.0 Å². The van der Waals surface area contributed by atoms with E-state index in [4.69, 9.17) is 11.6 Å². The molecule has 0 saturated carbocycles. The number of pyridine rings is 1. The van der Waals surface area contributed by atoms with Gasteiger partial charge in [-0.1, -0.05) is 27.5 Å². The normalized spacial score (nSPS) is 10.2. The number of nitrogens with one attached hydrogen (secondary N) is 2. The number of hydrogen-bond acceptors (Lipinski definition) is 3. The Kier molecular flexibility index (Phi) is 4.98.